The molecule has 0 saturated heterocycles. The van der Waals surface area contributed by atoms with Gasteiger partial charge in [-0.25, -0.2) is 0 Å². The molecule has 0 fully saturated rings. The number of rotatable bonds is 4. The van der Waals surface area contributed by atoms with Gasteiger partial charge >= 0.3 is 0 Å². The molecule has 0 aliphatic heterocycles. The van der Waals surface area contributed by atoms with E-state index < -0.39 is 0 Å². The summed E-state index contributed by atoms with van der Waals surface area (Å²) in [6, 6.07) is 4.68. The molecule has 0 saturated carbocycles. The maximum Gasteiger partial charge on any atom is 0.191 e. The fourth-order valence-corrected chi connectivity index (χ4v) is 2.18. The Labute approximate surface area is 125 Å². The van der Waals surface area contributed by atoms with Gasteiger partial charge in [-0.2, -0.15) is 0 Å². The van der Waals surface area contributed by atoms with E-state index in [2.05, 4.69) is 53.9 Å². The molecule has 17 heavy (non-hydrogen) atoms. The lowest BCUT2D eigenvalue weighted by Crippen LogP contribution is -2.42. The van der Waals surface area contributed by atoms with Crippen LogP contribution in [0.25, 0.3) is 0 Å². The summed E-state index contributed by atoms with van der Waals surface area (Å²) in [6.07, 6.45) is 0. The minimum Gasteiger partial charge on any atom is -0.356 e. The molecule has 0 aliphatic carbocycles. The van der Waals surface area contributed by atoms with Crippen molar-refractivity contribution in [3.8, 4) is 0 Å². The quantitative estimate of drug-likeness (QED) is 0.488. The molecular formula is C12H22IN3S. The molecule has 0 aliphatic rings. The van der Waals surface area contributed by atoms with Crippen LogP contribution in [-0.2, 0) is 0 Å². The number of nitrogens with one attached hydrogen (secondary N) is 2. The van der Waals surface area contributed by atoms with Crippen LogP contribution in [0.4, 0.5) is 0 Å². The number of thiophene rings is 1. The molecule has 1 atom stereocenters. The first-order valence-corrected chi connectivity index (χ1v) is 6.52. The maximum atomic E-state index is 4.18. The van der Waals surface area contributed by atoms with Gasteiger partial charge in [-0.3, -0.25) is 4.99 Å². The van der Waals surface area contributed by atoms with Crippen LogP contribution < -0.4 is 10.6 Å². The second-order valence-corrected chi connectivity index (χ2v) is 5.15. The van der Waals surface area contributed by atoms with Gasteiger partial charge in [0, 0.05) is 30.4 Å². The van der Waals surface area contributed by atoms with Crippen molar-refractivity contribution in [3.05, 3.63) is 22.4 Å². The third kappa shape index (κ3) is 6.26. The van der Waals surface area contributed by atoms with E-state index in [1.165, 1.54) is 4.88 Å². The Hall–Kier alpha value is -0.300. The molecule has 1 aromatic heterocycles. The first-order chi connectivity index (χ1) is 7.63. The van der Waals surface area contributed by atoms with Gasteiger partial charge in [0.1, 0.15) is 0 Å². The molecule has 1 aromatic rings. The number of hydrogen-bond acceptors (Lipinski definition) is 2. The number of halogens is 1. The molecule has 0 amide bonds. The Balaban J connectivity index is 0.00000256. The van der Waals surface area contributed by atoms with E-state index in [1.54, 1.807) is 18.4 Å². The molecule has 0 bridgehead atoms. The lowest BCUT2D eigenvalue weighted by molar-refractivity contribution is 0.670. The van der Waals surface area contributed by atoms with Crippen molar-refractivity contribution in [3.63, 3.8) is 0 Å². The van der Waals surface area contributed by atoms with Crippen LogP contribution in [0.5, 0.6) is 0 Å². The van der Waals surface area contributed by atoms with E-state index >= 15 is 0 Å². The van der Waals surface area contributed by atoms with E-state index in [0.717, 1.165) is 12.5 Å². The van der Waals surface area contributed by atoms with Gasteiger partial charge in [0.15, 0.2) is 5.96 Å². The molecule has 5 heteroatoms. The first-order valence-electron chi connectivity index (χ1n) is 5.64. The van der Waals surface area contributed by atoms with Crippen LogP contribution in [0.15, 0.2) is 22.5 Å². The minimum absolute atomic E-state index is 0. The zero-order valence-electron chi connectivity index (χ0n) is 10.9. The van der Waals surface area contributed by atoms with Crippen LogP contribution >= 0.6 is 35.3 Å². The standard InChI is InChI=1S/C12H21N3S.HI/c1-9(2)15-12(13-4)14-8-10(3)11-6-5-7-16-11;/h5-7,9-10H,8H2,1-4H3,(H2,13,14,15);1H. The van der Waals surface area contributed by atoms with E-state index in [9.17, 15) is 0 Å². The Morgan fingerprint density at radius 1 is 1.41 bits per heavy atom. The van der Waals surface area contributed by atoms with Gasteiger partial charge in [0.2, 0.25) is 0 Å². The molecule has 2 N–H and O–H groups in total. The van der Waals surface area contributed by atoms with Gasteiger partial charge in [-0.05, 0) is 25.3 Å². The third-order valence-electron chi connectivity index (χ3n) is 2.25. The van der Waals surface area contributed by atoms with E-state index in [0.29, 0.717) is 12.0 Å². The molecule has 98 valence electrons. The normalized spacial score (nSPS) is 13.1. The highest BCUT2D eigenvalue weighted by Crippen LogP contribution is 2.19. The van der Waals surface area contributed by atoms with Crippen molar-refractivity contribution < 1.29 is 0 Å². The largest absolute Gasteiger partial charge is 0.356 e. The summed E-state index contributed by atoms with van der Waals surface area (Å²) in [7, 11) is 1.80. The van der Waals surface area contributed by atoms with Crippen molar-refractivity contribution in [1.82, 2.24) is 10.6 Å². The summed E-state index contributed by atoms with van der Waals surface area (Å²) in [5, 5.41) is 8.72. The highest BCUT2D eigenvalue weighted by Gasteiger charge is 2.07. The second kappa shape index (κ2) is 8.74. The number of hydrogen-bond donors (Lipinski definition) is 2. The first kappa shape index (κ1) is 16.7. The molecule has 1 rings (SSSR count). The highest BCUT2D eigenvalue weighted by molar-refractivity contribution is 14.0. The van der Waals surface area contributed by atoms with E-state index in [4.69, 9.17) is 0 Å². The van der Waals surface area contributed by atoms with Crippen molar-refractivity contribution in [2.24, 2.45) is 4.99 Å². The van der Waals surface area contributed by atoms with Crippen molar-refractivity contribution in [2.45, 2.75) is 32.7 Å². The van der Waals surface area contributed by atoms with Crippen molar-refractivity contribution in [2.75, 3.05) is 13.6 Å². The van der Waals surface area contributed by atoms with Crippen molar-refractivity contribution in [1.29, 1.82) is 0 Å². The molecule has 3 nitrogen and oxygen atoms in total. The van der Waals surface area contributed by atoms with Crippen LogP contribution in [0.2, 0.25) is 0 Å². The summed E-state index contributed by atoms with van der Waals surface area (Å²) in [6.45, 7) is 7.35. The Kier molecular flexibility index (Phi) is 8.59. The number of guanidine groups is 1. The molecule has 1 unspecified atom stereocenters. The van der Waals surface area contributed by atoms with Crippen LogP contribution in [0, 0.1) is 0 Å². The Morgan fingerprint density at radius 2 is 2.12 bits per heavy atom. The lowest BCUT2D eigenvalue weighted by atomic mass is 10.1. The van der Waals surface area contributed by atoms with Gasteiger partial charge < -0.3 is 10.6 Å². The summed E-state index contributed by atoms with van der Waals surface area (Å²) >= 11 is 1.80. The minimum atomic E-state index is 0. The van der Waals surface area contributed by atoms with E-state index in [-0.39, 0.29) is 24.0 Å². The predicted octanol–water partition coefficient (Wildman–Crippen LogP) is 3.04. The summed E-state index contributed by atoms with van der Waals surface area (Å²) in [4.78, 5) is 5.59. The fraction of sp³-hybridized carbons (Fsp3) is 0.583. The molecule has 0 spiro atoms. The topological polar surface area (TPSA) is 36.4 Å². The van der Waals surface area contributed by atoms with Gasteiger partial charge in [0.05, 0.1) is 0 Å². The second-order valence-electron chi connectivity index (χ2n) is 4.17. The predicted molar refractivity (Wildman–Crippen MR) is 87.8 cm³/mol. The van der Waals surface area contributed by atoms with Gasteiger partial charge in [-0.1, -0.05) is 13.0 Å². The smallest absolute Gasteiger partial charge is 0.191 e. The zero-order valence-corrected chi connectivity index (χ0v) is 14.0. The van der Waals surface area contributed by atoms with E-state index in [1.807, 2.05) is 0 Å². The third-order valence-corrected chi connectivity index (χ3v) is 3.36. The summed E-state index contributed by atoms with van der Waals surface area (Å²) in [5.41, 5.74) is 0. The Bertz CT molecular complexity index is 323. The zero-order chi connectivity index (χ0) is 12.0. The molecule has 0 radical (unpaired) electrons. The number of nitrogens with zero attached hydrogens (tertiary/aromatic N) is 1. The van der Waals surface area contributed by atoms with Gasteiger partial charge in [-0.15, -0.1) is 35.3 Å². The molecule has 1 heterocycles. The Morgan fingerprint density at radius 3 is 2.59 bits per heavy atom. The van der Waals surface area contributed by atoms with Crippen LogP contribution in [-0.4, -0.2) is 25.6 Å². The summed E-state index contributed by atoms with van der Waals surface area (Å²) < 4.78 is 0. The van der Waals surface area contributed by atoms with Crippen LogP contribution in [0.1, 0.15) is 31.6 Å². The molecule has 0 aromatic carbocycles. The highest BCUT2D eigenvalue weighted by atomic mass is 127. The van der Waals surface area contributed by atoms with Gasteiger partial charge in [0.25, 0.3) is 0 Å². The van der Waals surface area contributed by atoms with Crippen LogP contribution in [0.3, 0.4) is 0 Å². The van der Waals surface area contributed by atoms with Crippen molar-refractivity contribution >= 4 is 41.3 Å². The lowest BCUT2D eigenvalue weighted by Gasteiger charge is -2.16. The molecular weight excluding hydrogens is 345 g/mol. The number of aliphatic imine (C=N–C) groups is 1. The average Bonchev–Trinajstić information content (AvgIpc) is 2.76. The average molecular weight is 367 g/mol. The summed E-state index contributed by atoms with van der Waals surface area (Å²) in [5.74, 6) is 1.39. The maximum absolute atomic E-state index is 4.18. The fourth-order valence-electron chi connectivity index (χ4n) is 1.39. The SMILES string of the molecule is CN=C(NCC(C)c1cccs1)NC(C)C.I. The monoisotopic (exact) mass is 367 g/mol.